The van der Waals surface area contributed by atoms with Crippen LogP contribution in [0.1, 0.15) is 0 Å². The fourth-order valence-electron chi connectivity index (χ4n) is 0.661. The van der Waals surface area contributed by atoms with Crippen LogP contribution in [0.15, 0.2) is 17.6 Å². The molecule has 2 heterocycles. The lowest BCUT2D eigenvalue weighted by atomic mass is 10.6. The Morgan fingerprint density at radius 3 is 3.40 bits per heavy atom. The van der Waals surface area contributed by atoms with Crippen molar-refractivity contribution in [2.75, 3.05) is 5.43 Å². The molecule has 0 saturated carbocycles. The Kier molecular flexibility index (Phi) is 1.40. The maximum atomic E-state index is 5.59. The molecule has 0 fully saturated rings. The second-order valence-corrected chi connectivity index (χ2v) is 3.16. The van der Waals surface area contributed by atoms with E-state index in [1.807, 2.05) is 0 Å². The van der Waals surface area contributed by atoms with E-state index < -0.39 is 0 Å². The summed E-state index contributed by atoms with van der Waals surface area (Å²) in [5.41, 5.74) is 3.68. The first kappa shape index (κ1) is 6.21. The molecule has 6 heteroatoms. The number of fused-ring (bicyclic) bond motifs is 1. The van der Waals surface area contributed by atoms with Gasteiger partial charge in [0.05, 0.1) is 6.20 Å². The molecule has 0 bridgehead atoms. The van der Waals surface area contributed by atoms with Gasteiger partial charge in [0.25, 0.3) is 0 Å². The second kappa shape index (κ2) is 2.26. The van der Waals surface area contributed by atoms with E-state index >= 15 is 0 Å². The van der Waals surface area contributed by atoms with Crippen LogP contribution in [0, 0.1) is 0 Å². The second-order valence-electron chi connectivity index (χ2n) is 1.69. The number of nitrogens with zero attached hydrogens (tertiary/aromatic N) is 3. The van der Waals surface area contributed by atoms with Crippen molar-refractivity contribution in [1.82, 2.24) is 13.9 Å². The molecule has 1 aliphatic heterocycles. The zero-order chi connectivity index (χ0) is 6.97. The molecule has 0 aliphatic carbocycles. The lowest BCUT2D eigenvalue weighted by Crippen LogP contribution is -2.03. The molecule has 4 nitrogen and oxygen atoms in total. The average molecular weight is 175 g/mol. The number of nitrogens with one attached hydrogen (secondary N) is 1. The molecule has 10 heavy (non-hydrogen) atoms. The first-order chi connectivity index (χ1) is 4.86. The predicted molar refractivity (Wildman–Crippen MR) is 39.2 cm³/mol. The van der Waals surface area contributed by atoms with E-state index in [4.69, 9.17) is 11.8 Å². The van der Waals surface area contributed by atoms with Crippen molar-refractivity contribution < 1.29 is 0 Å². The van der Waals surface area contributed by atoms with E-state index in [-0.39, 0.29) is 0 Å². The van der Waals surface area contributed by atoms with Crippen LogP contribution >= 0.6 is 23.7 Å². The Balaban J connectivity index is 2.42. The molecule has 0 spiro atoms. The average Bonchev–Trinajstić information content (AvgIpc) is 2.27. The molecule has 1 aromatic heterocycles. The molecule has 0 aromatic carbocycles. The van der Waals surface area contributed by atoms with Crippen LogP contribution in [-0.2, 0) is 0 Å². The molecule has 0 amide bonds. The Morgan fingerprint density at radius 2 is 2.60 bits per heavy atom. The van der Waals surface area contributed by atoms with E-state index in [1.54, 1.807) is 6.20 Å². The predicted octanol–water partition coefficient (Wildman–Crippen LogP) is 1.28. The quantitative estimate of drug-likeness (QED) is 0.365. The summed E-state index contributed by atoms with van der Waals surface area (Å²) < 4.78 is 1.36. The van der Waals surface area contributed by atoms with Crippen molar-refractivity contribution in [1.29, 1.82) is 0 Å². The van der Waals surface area contributed by atoms with Crippen molar-refractivity contribution in [3.05, 3.63) is 12.5 Å². The zero-order valence-corrected chi connectivity index (χ0v) is 6.35. The van der Waals surface area contributed by atoms with E-state index in [1.165, 1.54) is 22.2 Å². The minimum Gasteiger partial charge on any atom is -0.291 e. The molecular weight excluding hydrogens is 172 g/mol. The number of aromatic nitrogens is 2. The van der Waals surface area contributed by atoms with Gasteiger partial charge in [-0.2, -0.15) is 0 Å². The summed E-state index contributed by atoms with van der Waals surface area (Å²) in [7, 11) is 0. The third-order valence-corrected chi connectivity index (χ3v) is 2.09. The molecule has 2 rings (SSSR count). The number of rotatable bonds is 0. The van der Waals surface area contributed by atoms with Crippen molar-refractivity contribution in [3.8, 4) is 0 Å². The van der Waals surface area contributed by atoms with Crippen LogP contribution in [0.3, 0.4) is 0 Å². The maximum Gasteiger partial charge on any atom is 0.142 e. The van der Waals surface area contributed by atoms with Crippen LogP contribution in [0.5, 0.6) is 0 Å². The topological polar surface area (TPSA) is 41.0 Å². The molecular formula is C4H3ClN4S. The van der Waals surface area contributed by atoms with Gasteiger partial charge in [-0.3, -0.25) is 5.43 Å². The van der Waals surface area contributed by atoms with Crippen molar-refractivity contribution in [3.63, 3.8) is 0 Å². The number of hydrogen-bond acceptors (Lipinski definition) is 5. The number of hydrazine groups is 1. The van der Waals surface area contributed by atoms with E-state index in [0.29, 0.717) is 0 Å². The third-order valence-electron chi connectivity index (χ3n) is 1.05. The molecule has 1 aliphatic rings. The van der Waals surface area contributed by atoms with Gasteiger partial charge in [-0.25, -0.2) is 9.97 Å². The van der Waals surface area contributed by atoms with Crippen LogP contribution in [0.2, 0.25) is 0 Å². The molecule has 1 N–H and O–H groups in total. The molecule has 0 radical (unpaired) electrons. The maximum absolute atomic E-state index is 5.59. The standard InChI is InChI=1S/C4H3ClN4S/c5-9-8-3-1-6-2-7-4(3)10-9/h1-2,8H. The fourth-order valence-corrected chi connectivity index (χ4v) is 1.54. The van der Waals surface area contributed by atoms with Gasteiger partial charge in [-0.05, 0) is 0 Å². The molecule has 52 valence electrons. The summed E-state index contributed by atoms with van der Waals surface area (Å²) in [6.07, 6.45) is 3.17. The third kappa shape index (κ3) is 0.920. The van der Waals surface area contributed by atoms with Crippen LogP contribution in [0.25, 0.3) is 0 Å². The minimum absolute atomic E-state index is 0.850. The van der Waals surface area contributed by atoms with Gasteiger partial charge < -0.3 is 0 Å². The highest BCUT2D eigenvalue weighted by Crippen LogP contribution is 2.35. The SMILES string of the molecule is ClN1Nc2cncnc2S1. The van der Waals surface area contributed by atoms with Gasteiger partial charge in [0.2, 0.25) is 0 Å². The van der Waals surface area contributed by atoms with E-state index in [9.17, 15) is 0 Å². The lowest BCUT2D eigenvalue weighted by Gasteiger charge is -1.98. The Morgan fingerprint density at radius 1 is 1.70 bits per heavy atom. The largest absolute Gasteiger partial charge is 0.291 e. The van der Waals surface area contributed by atoms with Crippen LogP contribution in [-0.4, -0.2) is 13.9 Å². The molecule has 0 saturated heterocycles. The van der Waals surface area contributed by atoms with Gasteiger partial charge in [0, 0.05) is 23.7 Å². The first-order valence-electron chi connectivity index (χ1n) is 2.57. The fraction of sp³-hybridized carbons (Fsp3) is 0. The first-order valence-corrected chi connectivity index (χ1v) is 3.68. The highest BCUT2D eigenvalue weighted by atomic mass is 35.5. The number of hydrogen-bond donors (Lipinski definition) is 1. The van der Waals surface area contributed by atoms with Gasteiger partial charge in [-0.15, -0.1) is 0 Å². The molecule has 1 aromatic rings. The van der Waals surface area contributed by atoms with Crippen molar-refractivity contribution in [2.24, 2.45) is 0 Å². The van der Waals surface area contributed by atoms with Crippen molar-refractivity contribution >= 4 is 29.4 Å². The Bertz CT molecular complexity index is 230. The summed E-state index contributed by atoms with van der Waals surface area (Å²) in [5, 5.41) is 0.852. The van der Waals surface area contributed by atoms with Gasteiger partial charge in [0.15, 0.2) is 0 Å². The highest BCUT2D eigenvalue weighted by Gasteiger charge is 2.18. The van der Waals surface area contributed by atoms with Crippen LogP contribution < -0.4 is 5.43 Å². The summed E-state index contributed by atoms with van der Waals surface area (Å²) in [5.74, 6) is 0. The summed E-state index contributed by atoms with van der Waals surface area (Å²) in [6, 6.07) is 0. The number of anilines is 1. The van der Waals surface area contributed by atoms with E-state index in [0.717, 1.165) is 10.7 Å². The van der Waals surface area contributed by atoms with Gasteiger partial charge in [0.1, 0.15) is 17.0 Å². The van der Waals surface area contributed by atoms with Crippen LogP contribution in [0.4, 0.5) is 5.69 Å². The minimum atomic E-state index is 0.850. The Hall–Kier alpha value is -0.520. The summed E-state index contributed by atoms with van der Waals surface area (Å²) >= 11 is 6.92. The number of halogens is 1. The van der Waals surface area contributed by atoms with Gasteiger partial charge >= 0.3 is 0 Å². The normalized spacial score (nSPS) is 16.5. The zero-order valence-electron chi connectivity index (χ0n) is 4.78. The van der Waals surface area contributed by atoms with Gasteiger partial charge in [-0.1, -0.05) is 3.93 Å². The van der Waals surface area contributed by atoms with E-state index in [2.05, 4.69) is 15.4 Å². The van der Waals surface area contributed by atoms with Crippen molar-refractivity contribution in [2.45, 2.75) is 5.03 Å². The Labute approximate surface area is 66.8 Å². The monoisotopic (exact) mass is 174 g/mol. The molecule has 0 atom stereocenters. The molecule has 0 unspecified atom stereocenters. The summed E-state index contributed by atoms with van der Waals surface area (Å²) in [4.78, 5) is 7.79. The smallest absolute Gasteiger partial charge is 0.142 e. The lowest BCUT2D eigenvalue weighted by molar-refractivity contribution is 0.908. The summed E-state index contributed by atoms with van der Waals surface area (Å²) in [6.45, 7) is 0. The highest BCUT2D eigenvalue weighted by molar-refractivity contribution is 7.98.